The van der Waals surface area contributed by atoms with Crippen molar-refractivity contribution < 1.29 is 4.52 Å². The van der Waals surface area contributed by atoms with Crippen LogP contribution in [-0.2, 0) is 23.6 Å². The number of hydrogen-bond acceptors (Lipinski definition) is 3. The standard InChI is InChI=1S/C6H13N5OP2S2/c7-13(8,15)11-5-1-3-6(4-2-5)12-14(9,10)16/h1-4H,(H4,9,10,16)(H5,7,8,11,15). The van der Waals surface area contributed by atoms with E-state index in [0.29, 0.717) is 11.4 Å². The molecule has 0 unspecified atom stereocenters. The maximum Gasteiger partial charge on any atom is 0.242 e. The quantitative estimate of drug-likeness (QED) is 0.516. The van der Waals surface area contributed by atoms with Crippen LogP contribution in [0.1, 0.15) is 0 Å². The van der Waals surface area contributed by atoms with E-state index in [1.54, 1.807) is 24.3 Å². The van der Waals surface area contributed by atoms with Gasteiger partial charge in [-0.25, -0.2) is 0 Å². The number of hydrogen-bond donors (Lipinski definition) is 5. The molecule has 1 rings (SSSR count). The second-order valence-electron chi connectivity index (χ2n) is 3.08. The Bertz CT molecular complexity index is 409. The van der Waals surface area contributed by atoms with Gasteiger partial charge in [-0.3, -0.25) is 22.0 Å². The summed E-state index contributed by atoms with van der Waals surface area (Å²) in [4.78, 5) is 0. The van der Waals surface area contributed by atoms with Crippen LogP contribution in [0.3, 0.4) is 0 Å². The van der Waals surface area contributed by atoms with Crippen molar-refractivity contribution >= 4 is 42.4 Å². The molecule has 1 aromatic carbocycles. The number of anilines is 1. The molecule has 16 heavy (non-hydrogen) atoms. The molecule has 0 aliphatic rings. The van der Waals surface area contributed by atoms with E-state index >= 15 is 0 Å². The third-order valence-electron chi connectivity index (χ3n) is 1.41. The van der Waals surface area contributed by atoms with Crippen molar-refractivity contribution in [1.82, 2.24) is 0 Å². The Hall–Kier alpha value is -0.0400. The van der Waals surface area contributed by atoms with Crippen molar-refractivity contribution in [3.63, 3.8) is 0 Å². The highest BCUT2D eigenvalue weighted by atomic mass is 32.5. The lowest BCUT2D eigenvalue weighted by Gasteiger charge is -2.15. The van der Waals surface area contributed by atoms with Gasteiger partial charge in [0.1, 0.15) is 5.75 Å². The van der Waals surface area contributed by atoms with Crippen LogP contribution in [0.15, 0.2) is 24.3 Å². The maximum atomic E-state index is 5.52. The average molecular weight is 297 g/mol. The zero-order valence-corrected chi connectivity index (χ0v) is 11.7. The second kappa shape index (κ2) is 5.08. The minimum atomic E-state index is -2.69. The third kappa shape index (κ3) is 5.89. The Morgan fingerprint density at radius 2 is 1.50 bits per heavy atom. The van der Waals surface area contributed by atoms with Gasteiger partial charge in [-0.2, -0.15) is 0 Å². The summed E-state index contributed by atoms with van der Waals surface area (Å²) in [6, 6.07) is 6.74. The van der Waals surface area contributed by atoms with Crippen LogP contribution in [0, 0.1) is 0 Å². The van der Waals surface area contributed by atoms with E-state index in [9.17, 15) is 0 Å². The van der Waals surface area contributed by atoms with Gasteiger partial charge in [0, 0.05) is 5.69 Å². The van der Waals surface area contributed by atoms with Crippen LogP contribution in [0.25, 0.3) is 0 Å². The van der Waals surface area contributed by atoms with Crippen LogP contribution >= 0.6 is 13.1 Å². The minimum Gasteiger partial charge on any atom is -0.441 e. The summed E-state index contributed by atoms with van der Waals surface area (Å²) in [7, 11) is 0. The van der Waals surface area contributed by atoms with E-state index in [1.165, 1.54) is 0 Å². The predicted molar refractivity (Wildman–Crippen MR) is 76.0 cm³/mol. The number of rotatable bonds is 4. The average Bonchev–Trinajstić information content (AvgIpc) is 2.03. The van der Waals surface area contributed by atoms with Crippen molar-refractivity contribution in [3.8, 4) is 5.75 Å². The monoisotopic (exact) mass is 297 g/mol. The zero-order chi connectivity index (χ0) is 12.4. The molecule has 0 radical (unpaired) electrons. The molecule has 0 saturated carbocycles. The molecule has 90 valence electrons. The lowest BCUT2D eigenvalue weighted by Crippen LogP contribution is -2.13. The summed E-state index contributed by atoms with van der Waals surface area (Å²) in [5.74, 6) is 0.501. The molecule has 0 aliphatic carbocycles. The Balaban J connectivity index is 2.76. The van der Waals surface area contributed by atoms with Crippen molar-refractivity contribution in [3.05, 3.63) is 24.3 Å². The van der Waals surface area contributed by atoms with Crippen LogP contribution in [-0.4, -0.2) is 0 Å². The van der Waals surface area contributed by atoms with Crippen LogP contribution in [0.4, 0.5) is 5.69 Å². The minimum absolute atomic E-state index is 0.501. The Morgan fingerprint density at radius 1 is 1.00 bits per heavy atom. The lowest BCUT2D eigenvalue weighted by molar-refractivity contribution is 0.613. The summed E-state index contributed by atoms with van der Waals surface area (Å²) in [5.41, 5.74) is 22.6. The molecule has 0 spiro atoms. The van der Waals surface area contributed by atoms with Gasteiger partial charge >= 0.3 is 0 Å². The summed E-state index contributed by atoms with van der Waals surface area (Å²) in [5, 5.41) is 2.82. The van der Waals surface area contributed by atoms with E-state index < -0.39 is 13.1 Å². The topological polar surface area (TPSA) is 125 Å². The molecule has 0 saturated heterocycles. The summed E-state index contributed by atoms with van der Waals surface area (Å²) in [6.45, 7) is -5.16. The first-order chi connectivity index (χ1) is 7.16. The first-order valence-electron chi connectivity index (χ1n) is 4.08. The molecule has 0 heterocycles. The molecule has 0 atom stereocenters. The van der Waals surface area contributed by atoms with Crippen LogP contribution in [0.2, 0.25) is 0 Å². The molecule has 0 aromatic heterocycles. The molecule has 0 bridgehead atoms. The lowest BCUT2D eigenvalue weighted by atomic mass is 10.3. The summed E-state index contributed by atoms with van der Waals surface area (Å²) >= 11 is 9.63. The number of benzene rings is 1. The fourth-order valence-corrected chi connectivity index (χ4v) is 2.54. The largest absolute Gasteiger partial charge is 0.441 e. The first kappa shape index (κ1) is 14.0. The predicted octanol–water partition coefficient (Wildman–Crippen LogP) is 0.761. The highest BCUT2D eigenvalue weighted by Gasteiger charge is 2.06. The molecule has 10 heteroatoms. The van der Waals surface area contributed by atoms with E-state index in [1.807, 2.05) is 0 Å². The SMILES string of the molecule is NP(N)(=S)Nc1ccc(OP(N)(N)=S)cc1. The number of nitrogens with one attached hydrogen (secondary N) is 1. The molecule has 6 nitrogen and oxygen atoms in total. The zero-order valence-electron chi connectivity index (χ0n) is 8.24. The first-order valence-corrected chi connectivity index (χ1v) is 9.88. The van der Waals surface area contributed by atoms with E-state index in [4.69, 9.17) is 50.2 Å². The van der Waals surface area contributed by atoms with Crippen LogP contribution < -0.4 is 31.6 Å². The van der Waals surface area contributed by atoms with Gasteiger partial charge in [0.15, 0.2) is 6.49 Å². The van der Waals surface area contributed by atoms with Crippen LogP contribution in [0.5, 0.6) is 5.75 Å². The Labute approximate surface area is 104 Å². The molecule has 9 N–H and O–H groups in total. The van der Waals surface area contributed by atoms with Gasteiger partial charge in [0.25, 0.3) is 0 Å². The van der Waals surface area contributed by atoms with Crippen molar-refractivity contribution in [1.29, 1.82) is 0 Å². The normalized spacial score (nSPS) is 12.2. The fourth-order valence-electron chi connectivity index (χ4n) is 0.957. The van der Waals surface area contributed by atoms with Gasteiger partial charge < -0.3 is 9.61 Å². The van der Waals surface area contributed by atoms with Gasteiger partial charge in [-0.05, 0) is 47.9 Å². The molecule has 0 fully saturated rings. The smallest absolute Gasteiger partial charge is 0.242 e. The molecular formula is C6H13N5OP2S2. The second-order valence-corrected chi connectivity index (χ2v) is 9.72. The van der Waals surface area contributed by atoms with Crippen molar-refractivity contribution in [2.45, 2.75) is 0 Å². The summed E-state index contributed by atoms with van der Waals surface area (Å²) in [6.07, 6.45) is 0. The molecular weight excluding hydrogens is 284 g/mol. The van der Waals surface area contributed by atoms with Gasteiger partial charge in [0.05, 0.1) is 0 Å². The third-order valence-corrected chi connectivity index (χ3v) is 3.01. The molecule has 0 amide bonds. The van der Waals surface area contributed by atoms with Crippen molar-refractivity contribution in [2.75, 3.05) is 5.09 Å². The fraction of sp³-hybridized carbons (Fsp3) is 0. The number of nitrogens with two attached hydrogens (primary N) is 4. The van der Waals surface area contributed by atoms with Gasteiger partial charge in [0.2, 0.25) is 6.57 Å². The molecule has 1 aromatic rings. The summed E-state index contributed by atoms with van der Waals surface area (Å²) < 4.78 is 5.16. The highest BCUT2D eigenvalue weighted by Crippen LogP contribution is 2.33. The Kier molecular flexibility index (Phi) is 4.45. The van der Waals surface area contributed by atoms with E-state index in [0.717, 1.165) is 0 Å². The molecule has 0 aliphatic heterocycles. The van der Waals surface area contributed by atoms with Crippen molar-refractivity contribution in [2.24, 2.45) is 22.0 Å². The van der Waals surface area contributed by atoms with E-state index in [-0.39, 0.29) is 0 Å². The van der Waals surface area contributed by atoms with E-state index in [2.05, 4.69) is 5.09 Å². The Morgan fingerprint density at radius 3 is 1.88 bits per heavy atom. The van der Waals surface area contributed by atoms with Gasteiger partial charge in [-0.15, -0.1) is 0 Å². The van der Waals surface area contributed by atoms with Gasteiger partial charge in [-0.1, -0.05) is 0 Å². The maximum absolute atomic E-state index is 5.52. The highest BCUT2D eigenvalue weighted by molar-refractivity contribution is 8.13.